The molecule has 0 N–H and O–H groups in total. The van der Waals surface area contributed by atoms with Crippen LogP contribution in [0.1, 0.15) is 25.0 Å². The molecule has 0 amide bonds. The van der Waals surface area contributed by atoms with E-state index in [2.05, 4.69) is 153 Å². The first kappa shape index (κ1) is 31.0. The minimum atomic E-state index is -0.113. The Morgan fingerprint density at radius 1 is 0.377 bits per heavy atom. The molecule has 4 heteroatoms. The number of benzene rings is 7. The Bertz CT molecular complexity index is 2850. The molecular formula is C49H34N4. The van der Waals surface area contributed by atoms with E-state index >= 15 is 0 Å². The van der Waals surface area contributed by atoms with E-state index in [0.717, 1.165) is 66.6 Å². The summed E-state index contributed by atoms with van der Waals surface area (Å²) in [5.41, 5.74) is 13.8. The molecule has 10 rings (SSSR count). The SMILES string of the molecule is CC1(C)c2ccccc2-c2ccc(-c3cc(-c4ccccc4)nc(-c4ccc5ccc6c(-c7ccccc7)nc(-c7ccccc7)nc6c5c4)n3)cc21. The van der Waals surface area contributed by atoms with Crippen molar-refractivity contribution in [2.75, 3.05) is 0 Å². The van der Waals surface area contributed by atoms with Crippen molar-refractivity contribution < 1.29 is 0 Å². The Hall–Kier alpha value is -6.78. The fourth-order valence-electron chi connectivity index (χ4n) is 7.93. The Balaban J connectivity index is 1.18. The first-order chi connectivity index (χ1) is 26.0. The minimum absolute atomic E-state index is 0.113. The molecule has 1 aliphatic carbocycles. The monoisotopic (exact) mass is 678 g/mol. The van der Waals surface area contributed by atoms with Crippen molar-refractivity contribution in [2.45, 2.75) is 19.3 Å². The van der Waals surface area contributed by atoms with Crippen LogP contribution in [0.25, 0.3) is 89.4 Å². The number of nitrogens with zero attached hydrogens (tertiary/aromatic N) is 4. The van der Waals surface area contributed by atoms with Crippen molar-refractivity contribution in [1.29, 1.82) is 0 Å². The predicted octanol–water partition coefficient (Wildman–Crippen LogP) is 12.2. The maximum Gasteiger partial charge on any atom is 0.160 e. The summed E-state index contributed by atoms with van der Waals surface area (Å²) < 4.78 is 0. The Labute approximate surface area is 308 Å². The summed E-state index contributed by atoms with van der Waals surface area (Å²) in [6.45, 7) is 4.63. The lowest BCUT2D eigenvalue weighted by molar-refractivity contribution is 0.660. The van der Waals surface area contributed by atoms with Crippen molar-refractivity contribution in [3.8, 4) is 67.7 Å². The van der Waals surface area contributed by atoms with Crippen LogP contribution in [0.5, 0.6) is 0 Å². The number of hydrogen-bond donors (Lipinski definition) is 0. The molecule has 0 saturated carbocycles. The Kier molecular flexibility index (Phi) is 7.12. The quantitative estimate of drug-likeness (QED) is 0.170. The second-order valence-electron chi connectivity index (χ2n) is 14.3. The molecule has 250 valence electrons. The highest BCUT2D eigenvalue weighted by molar-refractivity contribution is 6.10. The molecule has 0 saturated heterocycles. The molecule has 0 radical (unpaired) electrons. The summed E-state index contributed by atoms with van der Waals surface area (Å²) >= 11 is 0. The summed E-state index contributed by atoms with van der Waals surface area (Å²) in [5.74, 6) is 1.37. The van der Waals surface area contributed by atoms with Crippen molar-refractivity contribution in [1.82, 2.24) is 19.9 Å². The summed E-state index contributed by atoms with van der Waals surface area (Å²) in [5, 5.41) is 3.13. The Morgan fingerprint density at radius 3 is 1.72 bits per heavy atom. The zero-order valence-electron chi connectivity index (χ0n) is 29.5. The molecular weight excluding hydrogens is 645 g/mol. The van der Waals surface area contributed by atoms with Crippen LogP contribution < -0.4 is 0 Å². The van der Waals surface area contributed by atoms with Crippen LogP contribution in [0.15, 0.2) is 170 Å². The van der Waals surface area contributed by atoms with Gasteiger partial charge in [0, 0.05) is 44.0 Å². The second kappa shape index (κ2) is 12.2. The van der Waals surface area contributed by atoms with Gasteiger partial charge in [-0.15, -0.1) is 0 Å². The topological polar surface area (TPSA) is 51.6 Å². The van der Waals surface area contributed by atoms with Crippen LogP contribution in [0.4, 0.5) is 0 Å². The molecule has 53 heavy (non-hydrogen) atoms. The molecule has 2 aromatic heterocycles. The largest absolute Gasteiger partial charge is 0.228 e. The zero-order chi connectivity index (χ0) is 35.5. The summed E-state index contributed by atoms with van der Waals surface area (Å²) in [6, 6.07) is 59.4. The standard InChI is InChI=1S/C49H34N4/c1-49(2)41-21-13-12-20-37(41)38-26-25-35(29-42(38)49)44-30-43(32-14-6-3-7-15-32)50-48(51-44)36-23-22-31-24-27-39-45(33-16-8-4-9-17-33)52-47(34-18-10-5-11-19-34)53-46(39)40(31)28-36/h3-30H,1-2H3. The van der Waals surface area contributed by atoms with Gasteiger partial charge < -0.3 is 0 Å². The Morgan fingerprint density at radius 2 is 0.962 bits per heavy atom. The molecule has 0 fully saturated rings. The van der Waals surface area contributed by atoms with Gasteiger partial charge in [0.1, 0.15) is 0 Å². The van der Waals surface area contributed by atoms with E-state index in [0.29, 0.717) is 11.6 Å². The van der Waals surface area contributed by atoms with Crippen LogP contribution in [0.3, 0.4) is 0 Å². The van der Waals surface area contributed by atoms with Crippen LogP contribution in [0, 0.1) is 0 Å². The molecule has 0 aliphatic heterocycles. The molecule has 0 bridgehead atoms. The molecule has 0 unspecified atom stereocenters. The fraction of sp³-hybridized carbons (Fsp3) is 0.0612. The van der Waals surface area contributed by atoms with E-state index < -0.39 is 0 Å². The van der Waals surface area contributed by atoms with Gasteiger partial charge in [0.25, 0.3) is 0 Å². The lowest BCUT2D eigenvalue weighted by Crippen LogP contribution is -2.14. The summed E-state index contributed by atoms with van der Waals surface area (Å²) in [4.78, 5) is 20.9. The van der Waals surface area contributed by atoms with Crippen LogP contribution >= 0.6 is 0 Å². The summed E-state index contributed by atoms with van der Waals surface area (Å²) in [6.07, 6.45) is 0. The average Bonchev–Trinajstić information content (AvgIpc) is 3.46. The fourth-order valence-corrected chi connectivity index (χ4v) is 7.93. The van der Waals surface area contributed by atoms with Gasteiger partial charge in [0.15, 0.2) is 11.6 Å². The van der Waals surface area contributed by atoms with Crippen molar-refractivity contribution >= 4 is 21.7 Å². The number of fused-ring (bicyclic) bond motifs is 6. The van der Waals surface area contributed by atoms with Crippen molar-refractivity contribution in [3.05, 3.63) is 181 Å². The number of hydrogen-bond acceptors (Lipinski definition) is 4. The van der Waals surface area contributed by atoms with Gasteiger partial charge in [-0.3, -0.25) is 0 Å². The molecule has 1 aliphatic rings. The van der Waals surface area contributed by atoms with Gasteiger partial charge in [-0.2, -0.15) is 0 Å². The third-order valence-electron chi connectivity index (χ3n) is 10.7. The smallest absolute Gasteiger partial charge is 0.160 e. The molecule has 7 aromatic carbocycles. The molecule has 4 nitrogen and oxygen atoms in total. The van der Waals surface area contributed by atoms with E-state index in [1.165, 1.54) is 22.3 Å². The van der Waals surface area contributed by atoms with E-state index in [1.54, 1.807) is 0 Å². The minimum Gasteiger partial charge on any atom is -0.228 e. The zero-order valence-corrected chi connectivity index (χ0v) is 29.5. The van der Waals surface area contributed by atoms with E-state index in [9.17, 15) is 0 Å². The highest BCUT2D eigenvalue weighted by Gasteiger charge is 2.35. The normalized spacial score (nSPS) is 12.9. The molecule has 9 aromatic rings. The van der Waals surface area contributed by atoms with Crippen LogP contribution in [-0.2, 0) is 5.41 Å². The van der Waals surface area contributed by atoms with Crippen LogP contribution in [-0.4, -0.2) is 19.9 Å². The first-order valence-corrected chi connectivity index (χ1v) is 18.1. The van der Waals surface area contributed by atoms with Gasteiger partial charge in [0.2, 0.25) is 0 Å². The van der Waals surface area contributed by atoms with Gasteiger partial charge in [-0.1, -0.05) is 159 Å². The average molecular weight is 679 g/mol. The first-order valence-electron chi connectivity index (χ1n) is 18.1. The van der Waals surface area contributed by atoms with Crippen molar-refractivity contribution in [2.24, 2.45) is 0 Å². The van der Waals surface area contributed by atoms with Gasteiger partial charge >= 0.3 is 0 Å². The summed E-state index contributed by atoms with van der Waals surface area (Å²) in [7, 11) is 0. The lowest BCUT2D eigenvalue weighted by atomic mass is 9.82. The van der Waals surface area contributed by atoms with Crippen LogP contribution in [0.2, 0.25) is 0 Å². The maximum absolute atomic E-state index is 5.30. The lowest BCUT2D eigenvalue weighted by Gasteiger charge is -2.22. The third kappa shape index (κ3) is 5.22. The number of aromatic nitrogens is 4. The number of rotatable bonds is 5. The molecule has 2 heterocycles. The predicted molar refractivity (Wildman–Crippen MR) is 217 cm³/mol. The van der Waals surface area contributed by atoms with E-state index in [1.807, 2.05) is 30.3 Å². The highest BCUT2D eigenvalue weighted by Crippen LogP contribution is 2.49. The second-order valence-corrected chi connectivity index (χ2v) is 14.3. The van der Waals surface area contributed by atoms with Gasteiger partial charge in [-0.05, 0) is 51.9 Å². The van der Waals surface area contributed by atoms with Crippen molar-refractivity contribution in [3.63, 3.8) is 0 Å². The van der Waals surface area contributed by atoms with E-state index in [-0.39, 0.29) is 5.41 Å². The molecule has 0 spiro atoms. The van der Waals surface area contributed by atoms with E-state index in [4.69, 9.17) is 19.9 Å². The van der Waals surface area contributed by atoms with Gasteiger partial charge in [-0.25, -0.2) is 19.9 Å². The maximum atomic E-state index is 5.30. The molecule has 0 atom stereocenters. The third-order valence-corrected chi connectivity index (χ3v) is 10.7. The van der Waals surface area contributed by atoms with Gasteiger partial charge in [0.05, 0.1) is 22.6 Å². The highest BCUT2D eigenvalue weighted by atomic mass is 14.9.